The topological polar surface area (TPSA) is 0 Å². The van der Waals surface area contributed by atoms with Gasteiger partial charge in [-0.3, -0.25) is 0 Å². The van der Waals surface area contributed by atoms with E-state index in [0.29, 0.717) is 5.41 Å². The van der Waals surface area contributed by atoms with Gasteiger partial charge >= 0.3 is 0 Å². The van der Waals surface area contributed by atoms with E-state index in [2.05, 4.69) is 34.6 Å². The summed E-state index contributed by atoms with van der Waals surface area (Å²) < 4.78 is 0. The van der Waals surface area contributed by atoms with E-state index in [9.17, 15) is 0 Å². The molecule has 0 spiro atoms. The van der Waals surface area contributed by atoms with E-state index in [0.717, 1.165) is 23.2 Å². The minimum Gasteiger partial charge on any atom is -0.0654 e. The minimum absolute atomic E-state index is 0.588. The fraction of sp³-hybridized carbons (Fsp3) is 1.00. The van der Waals surface area contributed by atoms with Gasteiger partial charge in [-0.1, -0.05) is 47.5 Å². The lowest BCUT2D eigenvalue weighted by molar-refractivity contribution is 0.0202. The zero-order chi connectivity index (χ0) is 11.3. The Morgan fingerprint density at radius 3 is 2.33 bits per heavy atom. The van der Waals surface area contributed by atoms with Crippen LogP contribution in [0.15, 0.2) is 0 Å². The molecular weight excluding hydrogens is 180 g/mol. The Morgan fingerprint density at radius 2 is 1.87 bits per heavy atom. The molecule has 0 heteroatoms. The zero-order valence-electron chi connectivity index (χ0n) is 11.3. The van der Waals surface area contributed by atoms with Crippen LogP contribution in [0, 0.1) is 28.6 Å². The van der Waals surface area contributed by atoms with Crippen molar-refractivity contribution in [3.63, 3.8) is 0 Å². The van der Waals surface area contributed by atoms with Gasteiger partial charge in [0, 0.05) is 0 Å². The molecule has 0 heterocycles. The first-order chi connectivity index (χ1) is 6.97. The van der Waals surface area contributed by atoms with Gasteiger partial charge in [-0.15, -0.1) is 0 Å². The predicted octanol–water partition coefficient (Wildman–Crippen LogP) is 4.89. The van der Waals surface area contributed by atoms with E-state index >= 15 is 0 Å². The highest BCUT2D eigenvalue weighted by atomic mass is 14.7. The molecule has 0 aliphatic heterocycles. The minimum atomic E-state index is 0.588. The fourth-order valence-electron chi connectivity index (χ4n) is 4.52. The largest absolute Gasteiger partial charge is 0.0654 e. The van der Waals surface area contributed by atoms with Crippen LogP contribution in [0.25, 0.3) is 0 Å². The second-order valence-electron chi connectivity index (χ2n) is 6.92. The molecule has 3 aliphatic rings. The van der Waals surface area contributed by atoms with E-state index in [1.165, 1.54) is 25.7 Å². The second-order valence-corrected chi connectivity index (χ2v) is 6.92. The first-order valence-corrected chi connectivity index (χ1v) is 6.97. The smallest absolute Gasteiger partial charge is 0.0263 e. The van der Waals surface area contributed by atoms with Crippen LogP contribution < -0.4 is 0 Å². The van der Waals surface area contributed by atoms with Crippen LogP contribution in [0.4, 0.5) is 0 Å². The van der Waals surface area contributed by atoms with Gasteiger partial charge in [-0.05, 0) is 47.8 Å². The van der Waals surface area contributed by atoms with Crippen molar-refractivity contribution in [3.05, 3.63) is 0 Å². The first kappa shape index (κ1) is 11.5. The lowest BCUT2D eigenvalue weighted by Crippen LogP contribution is -2.39. The zero-order valence-corrected chi connectivity index (χ0v) is 11.3. The molecule has 0 radical (unpaired) electrons. The number of hydrogen-bond acceptors (Lipinski definition) is 0. The lowest BCUT2D eigenvalue weighted by atomic mass is 9.58. The molecule has 0 nitrogen and oxygen atoms in total. The van der Waals surface area contributed by atoms with Crippen LogP contribution in [0.1, 0.15) is 66.7 Å². The molecule has 0 N–H and O–H groups in total. The molecule has 4 unspecified atom stereocenters. The van der Waals surface area contributed by atoms with Crippen molar-refractivity contribution < 1.29 is 0 Å². The highest BCUT2D eigenvalue weighted by molar-refractivity contribution is 5.11. The van der Waals surface area contributed by atoms with Crippen molar-refractivity contribution in [3.8, 4) is 0 Å². The molecule has 3 fully saturated rings. The molecule has 3 rings (SSSR count). The summed E-state index contributed by atoms with van der Waals surface area (Å²) in [5.74, 6) is 3.10. The Morgan fingerprint density at radius 1 is 1.20 bits per heavy atom. The van der Waals surface area contributed by atoms with Crippen molar-refractivity contribution in [2.24, 2.45) is 28.6 Å². The Bertz CT molecular complexity index is 240. The third-order valence-electron chi connectivity index (χ3n) is 6.06. The normalized spacial score (nSPS) is 44.2. The van der Waals surface area contributed by atoms with Crippen LogP contribution in [0.2, 0.25) is 0 Å². The summed E-state index contributed by atoms with van der Waals surface area (Å²) >= 11 is 0. The van der Waals surface area contributed by atoms with Gasteiger partial charge in [0.15, 0.2) is 0 Å². The van der Waals surface area contributed by atoms with Gasteiger partial charge < -0.3 is 0 Å². The van der Waals surface area contributed by atoms with Gasteiger partial charge in [-0.2, -0.15) is 0 Å². The van der Waals surface area contributed by atoms with Crippen LogP contribution in [-0.4, -0.2) is 0 Å². The van der Waals surface area contributed by atoms with Gasteiger partial charge in [0.05, 0.1) is 0 Å². The average Bonchev–Trinajstić information content (AvgIpc) is 2.71. The van der Waals surface area contributed by atoms with Crippen molar-refractivity contribution in [2.45, 2.75) is 66.7 Å². The first-order valence-electron chi connectivity index (χ1n) is 6.97. The van der Waals surface area contributed by atoms with Gasteiger partial charge in [0.25, 0.3) is 0 Å². The highest BCUT2D eigenvalue weighted by Crippen LogP contribution is 2.71. The number of hydrogen-bond donors (Lipinski definition) is 0. The van der Waals surface area contributed by atoms with E-state index in [1.807, 2.05) is 0 Å². The predicted molar refractivity (Wildman–Crippen MR) is 66.8 cm³/mol. The van der Waals surface area contributed by atoms with Crippen LogP contribution in [-0.2, 0) is 0 Å². The lowest BCUT2D eigenvalue weighted by Gasteiger charge is -2.47. The molecule has 3 aliphatic carbocycles. The van der Waals surface area contributed by atoms with Gasteiger partial charge in [0.2, 0.25) is 0 Å². The average molecular weight is 208 g/mol. The molecule has 4 atom stereocenters. The maximum absolute atomic E-state index is 2.52. The molecule has 0 aromatic heterocycles. The Kier molecular flexibility index (Phi) is 2.68. The van der Waals surface area contributed by atoms with Crippen LogP contribution in [0.3, 0.4) is 0 Å². The van der Waals surface area contributed by atoms with Crippen LogP contribution in [0.5, 0.6) is 0 Å². The summed E-state index contributed by atoms with van der Waals surface area (Å²) in [6.07, 6.45) is 7.31. The second kappa shape index (κ2) is 3.50. The van der Waals surface area contributed by atoms with E-state index in [1.54, 1.807) is 6.42 Å². The maximum Gasteiger partial charge on any atom is -0.0263 e. The maximum atomic E-state index is 2.52. The molecule has 15 heavy (non-hydrogen) atoms. The Labute approximate surface area is 95.8 Å². The quantitative estimate of drug-likeness (QED) is 0.617. The van der Waals surface area contributed by atoms with E-state index in [-0.39, 0.29) is 0 Å². The standard InChI is InChI=1S/C15H28/c1-6-8-15-9-12(11(15)3)13(10-15)14(4,5)7-2/h11-13H,6-10H2,1-5H3. The highest BCUT2D eigenvalue weighted by Gasteiger charge is 2.62. The molecule has 0 saturated heterocycles. The summed E-state index contributed by atoms with van der Waals surface area (Å²) in [6, 6.07) is 0. The fourth-order valence-corrected chi connectivity index (χ4v) is 4.52. The van der Waals surface area contributed by atoms with Crippen molar-refractivity contribution in [1.82, 2.24) is 0 Å². The summed E-state index contributed by atoms with van der Waals surface area (Å²) in [4.78, 5) is 0. The molecular formula is C15H28. The van der Waals surface area contributed by atoms with Crippen molar-refractivity contribution >= 4 is 0 Å². The monoisotopic (exact) mass is 208 g/mol. The number of fused-ring (bicyclic) bond motifs is 1. The molecule has 0 aromatic carbocycles. The van der Waals surface area contributed by atoms with Crippen molar-refractivity contribution in [1.29, 1.82) is 0 Å². The van der Waals surface area contributed by atoms with E-state index in [4.69, 9.17) is 0 Å². The van der Waals surface area contributed by atoms with Crippen LogP contribution >= 0.6 is 0 Å². The Balaban J connectivity index is 2.10. The molecule has 0 aromatic rings. The number of rotatable bonds is 4. The van der Waals surface area contributed by atoms with Gasteiger partial charge in [0.1, 0.15) is 0 Å². The molecule has 3 saturated carbocycles. The summed E-state index contributed by atoms with van der Waals surface area (Å²) in [6.45, 7) is 12.2. The summed E-state index contributed by atoms with van der Waals surface area (Å²) in [5.41, 5.74) is 1.36. The third-order valence-corrected chi connectivity index (χ3v) is 6.06. The Hall–Kier alpha value is 0. The summed E-state index contributed by atoms with van der Waals surface area (Å²) in [5, 5.41) is 0. The molecule has 2 bridgehead atoms. The SMILES string of the molecule is CCCC12CC(C(C(C)(C)CC)C1)C2C. The molecule has 0 amide bonds. The summed E-state index contributed by atoms with van der Waals surface area (Å²) in [7, 11) is 0. The third kappa shape index (κ3) is 1.47. The molecule has 88 valence electrons. The van der Waals surface area contributed by atoms with Crippen molar-refractivity contribution in [2.75, 3.05) is 0 Å². The van der Waals surface area contributed by atoms with E-state index < -0.39 is 0 Å². The van der Waals surface area contributed by atoms with Gasteiger partial charge in [-0.25, -0.2) is 0 Å².